The van der Waals surface area contributed by atoms with Crippen molar-refractivity contribution in [3.63, 3.8) is 0 Å². The first kappa shape index (κ1) is 14.1. The van der Waals surface area contributed by atoms with Crippen molar-refractivity contribution in [1.82, 2.24) is 0 Å². The maximum Gasteiger partial charge on any atom is 0.167 e. The predicted octanol–water partition coefficient (Wildman–Crippen LogP) is 3.63. The molecule has 2 aromatic carbocycles. The van der Waals surface area contributed by atoms with Gasteiger partial charge < -0.3 is 15.2 Å². The van der Waals surface area contributed by atoms with Crippen molar-refractivity contribution in [3.8, 4) is 17.2 Å². The molecule has 0 saturated heterocycles. The summed E-state index contributed by atoms with van der Waals surface area (Å²) < 4.78 is 23.8. The molecule has 0 fully saturated rings. The van der Waals surface area contributed by atoms with Crippen LogP contribution in [0.3, 0.4) is 0 Å². The average molecular weight is 270 g/mol. The van der Waals surface area contributed by atoms with Gasteiger partial charge in [0.15, 0.2) is 11.6 Å². The summed E-state index contributed by atoms with van der Waals surface area (Å²) in [4.78, 5) is 0. The summed E-state index contributed by atoms with van der Waals surface area (Å²) in [7, 11) is 1.58. The SMILES string of the molecule is COc1ccc(Oc2ccc(N)cc2F)cc1.Cl. The number of rotatable bonds is 3. The molecule has 0 saturated carbocycles. The summed E-state index contributed by atoms with van der Waals surface area (Å²) in [6.07, 6.45) is 0. The molecule has 0 heterocycles. The Morgan fingerprint density at radius 2 is 1.61 bits per heavy atom. The number of nitrogens with two attached hydrogens (primary N) is 1. The van der Waals surface area contributed by atoms with Gasteiger partial charge in [-0.25, -0.2) is 4.39 Å². The van der Waals surface area contributed by atoms with Crippen LogP contribution in [-0.2, 0) is 0 Å². The van der Waals surface area contributed by atoms with E-state index in [1.807, 2.05) is 0 Å². The van der Waals surface area contributed by atoms with Gasteiger partial charge in [0, 0.05) is 11.8 Å². The average Bonchev–Trinajstić information content (AvgIpc) is 2.34. The number of methoxy groups -OCH3 is 1. The second kappa shape index (κ2) is 6.12. The molecule has 0 radical (unpaired) electrons. The van der Waals surface area contributed by atoms with E-state index in [0.717, 1.165) is 5.75 Å². The van der Waals surface area contributed by atoms with Crippen LogP contribution in [0.5, 0.6) is 17.2 Å². The smallest absolute Gasteiger partial charge is 0.167 e. The van der Waals surface area contributed by atoms with Crippen molar-refractivity contribution in [2.24, 2.45) is 0 Å². The predicted molar refractivity (Wildman–Crippen MR) is 71.1 cm³/mol. The third kappa shape index (κ3) is 3.28. The number of hydrogen-bond acceptors (Lipinski definition) is 3. The zero-order valence-electron chi connectivity index (χ0n) is 9.72. The van der Waals surface area contributed by atoms with Gasteiger partial charge in [0.2, 0.25) is 0 Å². The Hall–Kier alpha value is -1.94. The van der Waals surface area contributed by atoms with Gasteiger partial charge in [-0.2, -0.15) is 0 Å². The van der Waals surface area contributed by atoms with Crippen LogP contribution in [0.1, 0.15) is 0 Å². The van der Waals surface area contributed by atoms with E-state index in [9.17, 15) is 4.39 Å². The molecule has 0 unspecified atom stereocenters. The maximum absolute atomic E-state index is 13.5. The minimum Gasteiger partial charge on any atom is -0.497 e. The van der Waals surface area contributed by atoms with Crippen molar-refractivity contribution < 1.29 is 13.9 Å². The lowest BCUT2D eigenvalue weighted by atomic mass is 10.3. The molecular weight excluding hydrogens is 257 g/mol. The van der Waals surface area contributed by atoms with Gasteiger partial charge in [-0.15, -0.1) is 12.4 Å². The molecule has 2 aromatic rings. The van der Waals surface area contributed by atoms with Gasteiger partial charge in [-0.1, -0.05) is 0 Å². The summed E-state index contributed by atoms with van der Waals surface area (Å²) in [6, 6.07) is 11.2. The highest BCUT2D eigenvalue weighted by Gasteiger charge is 2.05. The van der Waals surface area contributed by atoms with Crippen LogP contribution < -0.4 is 15.2 Å². The minimum absolute atomic E-state index is 0. The molecule has 3 nitrogen and oxygen atoms in total. The van der Waals surface area contributed by atoms with Crippen LogP contribution in [0.25, 0.3) is 0 Å². The van der Waals surface area contributed by atoms with Crippen molar-refractivity contribution in [2.45, 2.75) is 0 Å². The van der Waals surface area contributed by atoms with Gasteiger partial charge in [-0.05, 0) is 36.4 Å². The molecule has 2 N–H and O–H groups in total. The Kier molecular flexibility index (Phi) is 4.80. The van der Waals surface area contributed by atoms with E-state index in [4.69, 9.17) is 15.2 Å². The van der Waals surface area contributed by atoms with Gasteiger partial charge in [0.05, 0.1) is 7.11 Å². The number of anilines is 1. The number of hydrogen-bond donors (Lipinski definition) is 1. The normalized spacial score (nSPS) is 9.44. The lowest BCUT2D eigenvalue weighted by molar-refractivity contribution is 0.411. The number of halogens is 2. The molecule has 0 spiro atoms. The fourth-order valence-electron chi connectivity index (χ4n) is 1.37. The highest BCUT2D eigenvalue weighted by atomic mass is 35.5. The van der Waals surface area contributed by atoms with Crippen LogP contribution in [0.15, 0.2) is 42.5 Å². The lowest BCUT2D eigenvalue weighted by Crippen LogP contribution is -1.91. The van der Waals surface area contributed by atoms with Gasteiger partial charge in [0.25, 0.3) is 0 Å². The topological polar surface area (TPSA) is 44.5 Å². The molecule has 0 aliphatic carbocycles. The lowest BCUT2D eigenvalue weighted by Gasteiger charge is -2.07. The van der Waals surface area contributed by atoms with Crippen molar-refractivity contribution in [3.05, 3.63) is 48.3 Å². The fraction of sp³-hybridized carbons (Fsp3) is 0.0769. The molecule has 5 heteroatoms. The monoisotopic (exact) mass is 269 g/mol. The Morgan fingerprint density at radius 1 is 1.00 bits per heavy atom. The molecule has 2 rings (SSSR count). The molecule has 0 amide bonds. The van der Waals surface area contributed by atoms with Gasteiger partial charge in [0.1, 0.15) is 11.5 Å². The van der Waals surface area contributed by atoms with Crippen molar-refractivity contribution >= 4 is 18.1 Å². The Labute approximate surface area is 111 Å². The van der Waals surface area contributed by atoms with Crippen molar-refractivity contribution in [1.29, 1.82) is 0 Å². The highest BCUT2D eigenvalue weighted by Crippen LogP contribution is 2.27. The van der Waals surface area contributed by atoms with E-state index < -0.39 is 5.82 Å². The van der Waals surface area contributed by atoms with Gasteiger partial charge in [-0.3, -0.25) is 0 Å². The van der Waals surface area contributed by atoms with E-state index in [1.165, 1.54) is 12.1 Å². The molecule has 0 bridgehead atoms. The minimum atomic E-state index is -0.485. The van der Waals surface area contributed by atoms with Gasteiger partial charge >= 0.3 is 0 Å². The summed E-state index contributed by atoms with van der Waals surface area (Å²) in [5.74, 6) is 0.912. The van der Waals surface area contributed by atoms with Crippen LogP contribution in [-0.4, -0.2) is 7.11 Å². The second-order valence-electron chi connectivity index (χ2n) is 3.47. The fourth-order valence-corrected chi connectivity index (χ4v) is 1.37. The molecule has 0 atom stereocenters. The quantitative estimate of drug-likeness (QED) is 0.866. The third-order valence-corrected chi connectivity index (χ3v) is 2.24. The summed E-state index contributed by atoms with van der Waals surface area (Å²) in [6.45, 7) is 0. The first-order valence-electron chi connectivity index (χ1n) is 5.06. The molecule has 0 aromatic heterocycles. The molecular formula is C13H13ClFNO2. The van der Waals surface area contributed by atoms with E-state index in [-0.39, 0.29) is 18.2 Å². The summed E-state index contributed by atoms with van der Waals surface area (Å²) in [5, 5.41) is 0. The first-order chi connectivity index (χ1) is 8.19. The third-order valence-electron chi connectivity index (χ3n) is 2.24. The van der Waals surface area contributed by atoms with Crippen LogP contribution in [0, 0.1) is 5.82 Å². The van der Waals surface area contributed by atoms with Crippen LogP contribution in [0.4, 0.5) is 10.1 Å². The molecule has 0 aliphatic heterocycles. The summed E-state index contributed by atoms with van der Waals surface area (Å²) >= 11 is 0. The van der Waals surface area contributed by atoms with Crippen LogP contribution in [0.2, 0.25) is 0 Å². The van der Waals surface area contributed by atoms with E-state index in [1.54, 1.807) is 37.4 Å². The van der Waals surface area contributed by atoms with E-state index in [2.05, 4.69) is 0 Å². The number of benzene rings is 2. The van der Waals surface area contributed by atoms with E-state index >= 15 is 0 Å². The standard InChI is InChI=1S/C13H12FNO2.ClH/c1-16-10-3-5-11(6-4-10)17-13-7-2-9(15)8-12(13)14;/h2-8H,15H2,1H3;1H. The molecule has 18 heavy (non-hydrogen) atoms. The zero-order chi connectivity index (χ0) is 12.3. The molecule has 0 aliphatic rings. The maximum atomic E-state index is 13.5. The highest BCUT2D eigenvalue weighted by molar-refractivity contribution is 5.85. The largest absolute Gasteiger partial charge is 0.497 e. The Bertz CT molecular complexity index is 517. The Morgan fingerprint density at radius 3 is 2.17 bits per heavy atom. The van der Waals surface area contributed by atoms with Crippen LogP contribution >= 0.6 is 12.4 Å². The zero-order valence-corrected chi connectivity index (χ0v) is 10.5. The van der Waals surface area contributed by atoms with E-state index in [0.29, 0.717) is 11.4 Å². The van der Waals surface area contributed by atoms with Crippen molar-refractivity contribution in [2.75, 3.05) is 12.8 Å². The number of nitrogen functional groups attached to an aromatic ring is 1. The Balaban J connectivity index is 0.00000162. The second-order valence-corrected chi connectivity index (χ2v) is 3.47. The summed E-state index contributed by atoms with van der Waals surface area (Å²) in [5.41, 5.74) is 5.81. The number of ether oxygens (including phenoxy) is 2. The molecule has 96 valence electrons. The first-order valence-corrected chi connectivity index (χ1v) is 5.06.